The van der Waals surface area contributed by atoms with Crippen LogP contribution in [0.3, 0.4) is 0 Å². The SMILES string of the molecule is CNC(=O)C1CCCN(C(=O)C2C(C(=O)O)C2(C)C)C1. The van der Waals surface area contributed by atoms with Crippen LogP contribution < -0.4 is 5.32 Å². The molecule has 3 atom stereocenters. The number of nitrogens with zero attached hydrogens (tertiary/aromatic N) is 1. The van der Waals surface area contributed by atoms with Crippen LogP contribution in [0.15, 0.2) is 0 Å². The molecular weight excluding hydrogens is 260 g/mol. The number of amides is 2. The van der Waals surface area contributed by atoms with E-state index in [4.69, 9.17) is 5.11 Å². The molecule has 2 aliphatic rings. The second-order valence-electron chi connectivity index (χ2n) is 6.35. The first kappa shape index (κ1) is 14.8. The Kier molecular flexibility index (Phi) is 3.75. The molecule has 0 aromatic heterocycles. The Labute approximate surface area is 118 Å². The molecule has 2 amide bonds. The fraction of sp³-hybridized carbons (Fsp3) is 0.786. The smallest absolute Gasteiger partial charge is 0.307 e. The van der Waals surface area contributed by atoms with Crippen LogP contribution in [0.1, 0.15) is 26.7 Å². The predicted octanol–water partition coefficient (Wildman–Crippen LogP) is 0.328. The molecular formula is C14H22N2O4. The number of nitrogens with one attached hydrogen (secondary N) is 1. The number of carbonyl (C=O) groups excluding carboxylic acids is 2. The topological polar surface area (TPSA) is 86.7 Å². The number of aliphatic carboxylic acids is 1. The number of likely N-dealkylation sites (tertiary alicyclic amines) is 1. The lowest BCUT2D eigenvalue weighted by atomic mass is 9.96. The van der Waals surface area contributed by atoms with Crippen LogP contribution in [0.5, 0.6) is 0 Å². The molecule has 1 heterocycles. The molecule has 20 heavy (non-hydrogen) atoms. The van der Waals surface area contributed by atoms with Crippen molar-refractivity contribution in [2.75, 3.05) is 20.1 Å². The summed E-state index contributed by atoms with van der Waals surface area (Å²) in [4.78, 5) is 37.0. The van der Waals surface area contributed by atoms with E-state index in [0.29, 0.717) is 13.1 Å². The molecule has 0 aromatic carbocycles. The largest absolute Gasteiger partial charge is 0.481 e. The summed E-state index contributed by atoms with van der Waals surface area (Å²) in [7, 11) is 1.59. The first-order chi connectivity index (χ1) is 9.30. The van der Waals surface area contributed by atoms with Crippen molar-refractivity contribution >= 4 is 17.8 Å². The van der Waals surface area contributed by atoms with Crippen LogP contribution in [0, 0.1) is 23.2 Å². The zero-order chi connectivity index (χ0) is 15.1. The van der Waals surface area contributed by atoms with E-state index in [-0.39, 0.29) is 17.7 Å². The molecule has 6 heteroatoms. The van der Waals surface area contributed by atoms with Crippen molar-refractivity contribution in [2.24, 2.45) is 23.2 Å². The highest BCUT2D eigenvalue weighted by Gasteiger charge is 2.66. The summed E-state index contributed by atoms with van der Waals surface area (Å²) in [6.45, 7) is 4.64. The zero-order valence-corrected chi connectivity index (χ0v) is 12.2. The third kappa shape index (κ3) is 2.39. The van der Waals surface area contributed by atoms with Crippen molar-refractivity contribution in [3.05, 3.63) is 0 Å². The van der Waals surface area contributed by atoms with Crippen LogP contribution >= 0.6 is 0 Å². The Morgan fingerprint density at radius 2 is 1.90 bits per heavy atom. The summed E-state index contributed by atoms with van der Waals surface area (Å²) < 4.78 is 0. The molecule has 0 aromatic rings. The average molecular weight is 282 g/mol. The first-order valence-electron chi connectivity index (χ1n) is 7.04. The number of piperidine rings is 1. The molecule has 2 fully saturated rings. The van der Waals surface area contributed by atoms with E-state index in [2.05, 4.69) is 5.32 Å². The van der Waals surface area contributed by atoms with Crippen LogP contribution in [0.4, 0.5) is 0 Å². The van der Waals surface area contributed by atoms with Crippen LogP contribution in [0.25, 0.3) is 0 Å². The number of carbonyl (C=O) groups is 3. The summed E-state index contributed by atoms with van der Waals surface area (Å²) in [5.41, 5.74) is -0.483. The minimum atomic E-state index is -0.909. The lowest BCUT2D eigenvalue weighted by Gasteiger charge is -2.32. The van der Waals surface area contributed by atoms with Crippen molar-refractivity contribution in [3.8, 4) is 0 Å². The second kappa shape index (κ2) is 5.07. The molecule has 2 rings (SSSR count). The van der Waals surface area contributed by atoms with Gasteiger partial charge >= 0.3 is 5.97 Å². The number of rotatable bonds is 3. The number of hydrogen-bond acceptors (Lipinski definition) is 3. The van der Waals surface area contributed by atoms with Gasteiger partial charge < -0.3 is 15.3 Å². The molecule has 1 saturated carbocycles. The minimum Gasteiger partial charge on any atom is -0.481 e. The van der Waals surface area contributed by atoms with Gasteiger partial charge in [0.15, 0.2) is 0 Å². The zero-order valence-electron chi connectivity index (χ0n) is 12.2. The molecule has 3 unspecified atom stereocenters. The Morgan fingerprint density at radius 1 is 1.25 bits per heavy atom. The fourth-order valence-corrected chi connectivity index (χ4v) is 3.35. The summed E-state index contributed by atoms with van der Waals surface area (Å²) >= 11 is 0. The lowest BCUT2D eigenvalue weighted by Crippen LogP contribution is -2.45. The number of hydrogen-bond donors (Lipinski definition) is 2. The van der Waals surface area contributed by atoms with Gasteiger partial charge in [-0.2, -0.15) is 0 Å². The molecule has 2 N–H and O–H groups in total. The summed E-state index contributed by atoms with van der Waals surface area (Å²) in [6, 6.07) is 0. The van der Waals surface area contributed by atoms with Gasteiger partial charge in [-0.1, -0.05) is 13.8 Å². The number of carboxylic acid groups (broad SMARTS) is 1. The van der Waals surface area contributed by atoms with E-state index < -0.39 is 23.2 Å². The van der Waals surface area contributed by atoms with E-state index in [9.17, 15) is 14.4 Å². The average Bonchev–Trinajstić information content (AvgIpc) is 3.00. The first-order valence-corrected chi connectivity index (χ1v) is 7.04. The maximum atomic E-state index is 12.5. The van der Waals surface area contributed by atoms with Gasteiger partial charge in [-0.3, -0.25) is 14.4 Å². The third-order valence-electron chi connectivity index (χ3n) is 4.71. The summed E-state index contributed by atoms with van der Waals surface area (Å²) in [6.07, 6.45) is 1.56. The van der Waals surface area contributed by atoms with Gasteiger partial charge in [0, 0.05) is 20.1 Å². The molecule has 1 aliphatic carbocycles. The molecule has 112 valence electrons. The lowest BCUT2D eigenvalue weighted by molar-refractivity contribution is -0.143. The molecule has 0 bridgehead atoms. The Balaban J connectivity index is 2.03. The summed E-state index contributed by atoms with van der Waals surface area (Å²) in [5, 5.41) is 11.8. The van der Waals surface area contributed by atoms with Gasteiger partial charge in [-0.15, -0.1) is 0 Å². The van der Waals surface area contributed by atoms with Gasteiger partial charge in [0.05, 0.1) is 17.8 Å². The van der Waals surface area contributed by atoms with Crippen LogP contribution in [0.2, 0.25) is 0 Å². The monoisotopic (exact) mass is 282 g/mol. The van der Waals surface area contributed by atoms with E-state index in [1.54, 1.807) is 11.9 Å². The van der Waals surface area contributed by atoms with Gasteiger partial charge in [0.1, 0.15) is 0 Å². The standard InChI is InChI=1S/C14H22N2O4/c1-14(2)9(10(14)13(19)20)12(18)16-6-4-5-8(7-16)11(17)15-3/h8-10H,4-7H2,1-3H3,(H,15,17)(H,19,20). The van der Waals surface area contributed by atoms with Crippen molar-refractivity contribution in [3.63, 3.8) is 0 Å². The van der Waals surface area contributed by atoms with Gasteiger partial charge in [-0.25, -0.2) is 0 Å². The Bertz CT molecular complexity index is 446. The Hall–Kier alpha value is -1.59. The maximum Gasteiger partial charge on any atom is 0.307 e. The fourth-order valence-electron chi connectivity index (χ4n) is 3.35. The third-order valence-corrected chi connectivity index (χ3v) is 4.71. The normalized spacial score (nSPS) is 31.6. The van der Waals surface area contributed by atoms with Gasteiger partial charge in [-0.05, 0) is 18.3 Å². The molecule has 1 aliphatic heterocycles. The Morgan fingerprint density at radius 3 is 2.40 bits per heavy atom. The molecule has 0 spiro atoms. The van der Waals surface area contributed by atoms with Crippen LogP contribution in [-0.2, 0) is 14.4 Å². The van der Waals surface area contributed by atoms with Crippen molar-refractivity contribution in [2.45, 2.75) is 26.7 Å². The maximum absolute atomic E-state index is 12.5. The van der Waals surface area contributed by atoms with E-state index in [0.717, 1.165) is 12.8 Å². The van der Waals surface area contributed by atoms with Crippen molar-refractivity contribution in [1.29, 1.82) is 0 Å². The second-order valence-corrected chi connectivity index (χ2v) is 6.35. The minimum absolute atomic E-state index is 0.0488. The van der Waals surface area contributed by atoms with E-state index >= 15 is 0 Å². The predicted molar refractivity (Wildman–Crippen MR) is 71.8 cm³/mol. The van der Waals surface area contributed by atoms with E-state index in [1.807, 2.05) is 13.8 Å². The molecule has 0 radical (unpaired) electrons. The van der Waals surface area contributed by atoms with Crippen molar-refractivity contribution in [1.82, 2.24) is 10.2 Å². The van der Waals surface area contributed by atoms with E-state index in [1.165, 1.54) is 0 Å². The van der Waals surface area contributed by atoms with Gasteiger partial charge in [0.25, 0.3) is 0 Å². The van der Waals surface area contributed by atoms with Crippen LogP contribution in [-0.4, -0.2) is 47.9 Å². The number of carboxylic acids is 1. The quantitative estimate of drug-likeness (QED) is 0.781. The summed E-state index contributed by atoms with van der Waals surface area (Å²) in [5.74, 6) is -2.31. The highest BCUT2D eigenvalue weighted by Crippen LogP contribution is 2.59. The molecule has 6 nitrogen and oxygen atoms in total. The molecule has 1 saturated heterocycles. The highest BCUT2D eigenvalue weighted by molar-refractivity contribution is 5.92. The van der Waals surface area contributed by atoms with Gasteiger partial charge in [0.2, 0.25) is 11.8 Å². The highest BCUT2D eigenvalue weighted by atomic mass is 16.4. The van der Waals surface area contributed by atoms with Crippen molar-refractivity contribution < 1.29 is 19.5 Å².